The van der Waals surface area contributed by atoms with Crippen LogP contribution in [0.2, 0.25) is 0 Å². The van der Waals surface area contributed by atoms with Gasteiger partial charge in [0.25, 0.3) is 5.56 Å². The molecule has 0 saturated heterocycles. The van der Waals surface area contributed by atoms with Crippen LogP contribution >= 0.6 is 0 Å². The Labute approximate surface area is 165 Å². The van der Waals surface area contributed by atoms with Gasteiger partial charge in [-0.3, -0.25) is 14.4 Å². The number of hydrogen-bond donors (Lipinski definition) is 3. The lowest BCUT2D eigenvalue weighted by atomic mass is 10.1. The number of nitrogens with zero attached hydrogens (tertiary/aromatic N) is 1. The van der Waals surface area contributed by atoms with E-state index < -0.39 is 0 Å². The number of fused-ring (bicyclic) bond motifs is 2. The Hall–Kier alpha value is -3.88. The number of H-pyrrole nitrogens is 1. The molecule has 2 amide bonds. The molecule has 148 valence electrons. The first-order valence-electron chi connectivity index (χ1n) is 9.02. The van der Waals surface area contributed by atoms with Crippen molar-refractivity contribution in [3.63, 3.8) is 0 Å². The Morgan fingerprint density at radius 3 is 2.69 bits per heavy atom. The molecule has 9 heteroatoms. The highest BCUT2D eigenvalue weighted by molar-refractivity contribution is 5.92. The summed E-state index contributed by atoms with van der Waals surface area (Å²) in [6.45, 7) is 0.342. The van der Waals surface area contributed by atoms with Crippen LogP contribution < -0.4 is 25.7 Å². The summed E-state index contributed by atoms with van der Waals surface area (Å²) in [6, 6.07) is 12.1. The molecule has 0 spiro atoms. The van der Waals surface area contributed by atoms with E-state index in [9.17, 15) is 14.4 Å². The lowest BCUT2D eigenvalue weighted by Crippen LogP contribution is -2.29. The van der Waals surface area contributed by atoms with Gasteiger partial charge >= 0.3 is 0 Å². The molecule has 0 radical (unpaired) electrons. The van der Waals surface area contributed by atoms with Crippen LogP contribution in [0.1, 0.15) is 12.1 Å². The van der Waals surface area contributed by atoms with Crippen molar-refractivity contribution in [2.75, 3.05) is 18.7 Å². The predicted octanol–water partition coefficient (Wildman–Crippen LogP) is 1.34. The van der Waals surface area contributed by atoms with Gasteiger partial charge in [-0.15, -0.1) is 0 Å². The van der Waals surface area contributed by atoms with Crippen LogP contribution in [0.5, 0.6) is 11.5 Å². The SMILES string of the molecule is O=C(Cc1n[nH]c(=O)c2ccccc12)NCCC(=O)Nc1ccc2c(c1)OCO2. The van der Waals surface area contributed by atoms with E-state index in [1.54, 1.807) is 42.5 Å². The third-order valence-electron chi connectivity index (χ3n) is 4.43. The van der Waals surface area contributed by atoms with Crippen LogP contribution in [-0.4, -0.2) is 35.3 Å². The number of ether oxygens (including phenoxy) is 2. The van der Waals surface area contributed by atoms with Crippen molar-refractivity contribution in [2.45, 2.75) is 12.8 Å². The maximum Gasteiger partial charge on any atom is 0.272 e. The first kappa shape index (κ1) is 18.5. The average Bonchev–Trinajstić information content (AvgIpc) is 3.18. The second-order valence-corrected chi connectivity index (χ2v) is 6.44. The zero-order valence-electron chi connectivity index (χ0n) is 15.4. The Kier molecular flexibility index (Phi) is 5.10. The normalized spacial score (nSPS) is 12.0. The Balaban J connectivity index is 1.29. The second-order valence-electron chi connectivity index (χ2n) is 6.44. The lowest BCUT2D eigenvalue weighted by Gasteiger charge is -2.08. The molecular formula is C20H18N4O5. The Morgan fingerprint density at radius 1 is 1.03 bits per heavy atom. The van der Waals surface area contributed by atoms with Gasteiger partial charge in [-0.2, -0.15) is 5.10 Å². The predicted molar refractivity (Wildman–Crippen MR) is 105 cm³/mol. The summed E-state index contributed by atoms with van der Waals surface area (Å²) in [6.07, 6.45) is 0.112. The highest BCUT2D eigenvalue weighted by atomic mass is 16.7. The second kappa shape index (κ2) is 8.01. The van der Waals surface area contributed by atoms with Crippen LogP contribution in [0.15, 0.2) is 47.3 Å². The third kappa shape index (κ3) is 4.18. The van der Waals surface area contributed by atoms with Crippen LogP contribution in [0.25, 0.3) is 10.8 Å². The zero-order valence-corrected chi connectivity index (χ0v) is 15.4. The minimum Gasteiger partial charge on any atom is -0.454 e. The standard InChI is InChI=1S/C20H18N4O5/c25-18(22-12-5-6-16-17(9-12)29-11-28-16)7-8-21-19(26)10-15-13-3-1-2-4-14(13)20(27)24-23-15/h1-6,9H,7-8,10-11H2,(H,21,26)(H,22,25)(H,24,27). The van der Waals surface area contributed by atoms with Crippen LogP contribution in [0, 0.1) is 0 Å². The quantitative estimate of drug-likeness (QED) is 0.580. The molecule has 0 atom stereocenters. The third-order valence-corrected chi connectivity index (χ3v) is 4.43. The van der Waals surface area contributed by atoms with E-state index in [1.807, 2.05) is 0 Å². The molecule has 1 aromatic heterocycles. The van der Waals surface area contributed by atoms with E-state index in [-0.39, 0.29) is 43.6 Å². The average molecular weight is 394 g/mol. The van der Waals surface area contributed by atoms with Crippen LogP contribution in [0.3, 0.4) is 0 Å². The maximum atomic E-state index is 12.2. The van der Waals surface area contributed by atoms with Crippen molar-refractivity contribution in [3.05, 3.63) is 58.5 Å². The van der Waals surface area contributed by atoms with Crippen molar-refractivity contribution in [1.82, 2.24) is 15.5 Å². The summed E-state index contributed by atoms with van der Waals surface area (Å²) in [5, 5.41) is 12.9. The molecule has 0 bridgehead atoms. The van der Waals surface area contributed by atoms with Gasteiger partial charge in [-0.25, -0.2) is 5.10 Å². The number of carbonyl (C=O) groups excluding carboxylic acids is 2. The van der Waals surface area contributed by atoms with E-state index in [4.69, 9.17) is 9.47 Å². The van der Waals surface area contributed by atoms with Crippen molar-refractivity contribution in [1.29, 1.82) is 0 Å². The van der Waals surface area contributed by atoms with Gasteiger partial charge in [-0.05, 0) is 18.2 Å². The summed E-state index contributed by atoms with van der Waals surface area (Å²) in [7, 11) is 0. The van der Waals surface area contributed by atoms with Gasteiger partial charge < -0.3 is 20.1 Å². The van der Waals surface area contributed by atoms with E-state index >= 15 is 0 Å². The Morgan fingerprint density at radius 2 is 1.83 bits per heavy atom. The molecule has 4 rings (SSSR count). The molecule has 3 N–H and O–H groups in total. The van der Waals surface area contributed by atoms with Gasteiger partial charge in [-0.1, -0.05) is 18.2 Å². The molecule has 2 aromatic carbocycles. The van der Waals surface area contributed by atoms with E-state index in [0.717, 1.165) is 0 Å². The summed E-state index contributed by atoms with van der Waals surface area (Å²) in [5.41, 5.74) is 0.766. The van der Waals surface area contributed by atoms with Crippen molar-refractivity contribution in [3.8, 4) is 11.5 Å². The number of nitrogens with one attached hydrogen (secondary N) is 3. The highest BCUT2D eigenvalue weighted by Gasteiger charge is 2.14. The fourth-order valence-electron chi connectivity index (χ4n) is 3.03. The van der Waals surface area contributed by atoms with E-state index in [1.165, 1.54) is 0 Å². The minimum absolute atomic E-state index is 0.00106. The maximum absolute atomic E-state index is 12.2. The van der Waals surface area contributed by atoms with E-state index in [2.05, 4.69) is 20.8 Å². The molecular weight excluding hydrogens is 376 g/mol. The molecule has 29 heavy (non-hydrogen) atoms. The van der Waals surface area contributed by atoms with Gasteiger partial charge in [0.1, 0.15) is 0 Å². The highest BCUT2D eigenvalue weighted by Crippen LogP contribution is 2.34. The first-order chi connectivity index (χ1) is 14.1. The van der Waals surface area contributed by atoms with Crippen LogP contribution in [-0.2, 0) is 16.0 Å². The van der Waals surface area contributed by atoms with Gasteiger partial charge in [0, 0.05) is 30.1 Å². The summed E-state index contributed by atoms with van der Waals surface area (Å²) < 4.78 is 10.5. The summed E-state index contributed by atoms with van der Waals surface area (Å²) in [4.78, 5) is 36.1. The minimum atomic E-state index is -0.301. The number of aromatic amines is 1. The Bertz CT molecular complexity index is 1140. The number of rotatable bonds is 6. The molecule has 9 nitrogen and oxygen atoms in total. The molecule has 1 aliphatic rings. The zero-order chi connectivity index (χ0) is 20.2. The number of carbonyl (C=O) groups is 2. The number of hydrogen-bond acceptors (Lipinski definition) is 6. The van der Waals surface area contributed by atoms with Gasteiger partial charge in [0.15, 0.2) is 11.5 Å². The van der Waals surface area contributed by atoms with Gasteiger partial charge in [0.05, 0.1) is 17.5 Å². The first-order valence-corrected chi connectivity index (χ1v) is 9.02. The van der Waals surface area contributed by atoms with Crippen LogP contribution in [0.4, 0.5) is 5.69 Å². The molecule has 0 saturated carbocycles. The molecule has 3 aromatic rings. The summed E-state index contributed by atoms with van der Waals surface area (Å²) in [5.74, 6) is 0.692. The topological polar surface area (TPSA) is 122 Å². The largest absolute Gasteiger partial charge is 0.454 e. The summed E-state index contributed by atoms with van der Waals surface area (Å²) >= 11 is 0. The molecule has 2 heterocycles. The molecule has 0 aliphatic carbocycles. The van der Waals surface area contributed by atoms with Gasteiger partial charge in [0.2, 0.25) is 18.6 Å². The molecule has 1 aliphatic heterocycles. The van der Waals surface area contributed by atoms with Crippen molar-refractivity contribution < 1.29 is 19.1 Å². The fraction of sp³-hybridized carbons (Fsp3) is 0.200. The fourth-order valence-corrected chi connectivity index (χ4v) is 3.03. The van der Waals surface area contributed by atoms with Crippen molar-refractivity contribution in [2.24, 2.45) is 0 Å². The lowest BCUT2D eigenvalue weighted by molar-refractivity contribution is -0.120. The van der Waals surface area contributed by atoms with Crippen molar-refractivity contribution >= 4 is 28.3 Å². The monoisotopic (exact) mass is 394 g/mol. The number of aromatic nitrogens is 2. The van der Waals surface area contributed by atoms with E-state index in [0.29, 0.717) is 33.7 Å². The number of benzene rings is 2. The number of amides is 2. The number of anilines is 1. The molecule has 0 fully saturated rings. The molecule has 0 unspecified atom stereocenters. The smallest absolute Gasteiger partial charge is 0.272 e.